The quantitative estimate of drug-likeness (QED) is 0.0640. The van der Waals surface area contributed by atoms with Crippen LogP contribution in [0.15, 0.2) is 23.3 Å². The van der Waals surface area contributed by atoms with Crippen LogP contribution in [0.2, 0.25) is 0 Å². The van der Waals surface area contributed by atoms with Gasteiger partial charge in [-0.2, -0.15) is 12.8 Å². The summed E-state index contributed by atoms with van der Waals surface area (Å²) < 4.78 is 6.09. The third kappa shape index (κ3) is 15.7. The molecule has 7 aliphatic carbocycles. The Kier molecular flexibility index (Phi) is 26.8. The first kappa shape index (κ1) is 64.7. The summed E-state index contributed by atoms with van der Waals surface area (Å²) in [6.07, 6.45) is 40.6. The van der Waals surface area contributed by atoms with Gasteiger partial charge in [-0.05, 0) is 211 Å². The van der Waals surface area contributed by atoms with Crippen molar-refractivity contribution in [1.29, 1.82) is 0 Å². The average molecular weight is 1100 g/mol. The van der Waals surface area contributed by atoms with Crippen LogP contribution >= 0.6 is 0 Å². The standard InChI is InChI=1S/C38H68N2O3.C27H46N.C2H6.Y/c1-8-29(28(2)3)11-9-12-30-14-16-34-33-15-13-31-27-32(17-20-38(31,5)35(33)18-21-37(30,34)4)43-36(42)19-24-40(25-26-41)23-10-22-39(6)7;1-5-20(19(2)3)9-8-10-21-12-14-24-23-15-13-22-11-6-7-17-27(22,4)25(23)16-18-28-26(21)24;1-2;/h13,28-30,32-35,41H,8-12,14-27H2,1-7H3;6,13,19-21,23-26,28H,5,7-12,14-18H2,1-4H3;1-2H3;/q;-1;;/t29?,30?,32?,33?,34?,35?,37?,38-;;;/m0.../s1. The summed E-state index contributed by atoms with van der Waals surface area (Å²) >= 11 is 0. The molecule has 15 atom stereocenters. The van der Waals surface area contributed by atoms with Crippen LogP contribution in [-0.4, -0.2) is 86.4 Å². The third-order valence-electron chi connectivity index (χ3n) is 23.1. The zero-order valence-corrected chi connectivity index (χ0v) is 53.8. The zero-order chi connectivity index (χ0) is 52.9. The Morgan fingerprint density at radius 3 is 2.08 bits per heavy atom. The Balaban J connectivity index is 0.000000282. The Hall–Kier alpha value is -0.106. The van der Waals surface area contributed by atoms with Crippen molar-refractivity contribution < 1.29 is 47.3 Å². The van der Waals surface area contributed by atoms with Gasteiger partial charge in [-0.15, -0.1) is 0 Å². The molecule has 0 aromatic heterocycles. The molecule has 1 saturated heterocycles. The van der Waals surface area contributed by atoms with Crippen LogP contribution in [-0.2, 0) is 42.2 Å². The average Bonchev–Trinajstić information content (AvgIpc) is 3.86. The topological polar surface area (TPSA) is 65.0 Å². The molecule has 8 aliphatic rings. The number of allylic oxidation sites excluding steroid dienone is 3. The minimum atomic E-state index is -0.0671. The molecule has 425 valence electrons. The van der Waals surface area contributed by atoms with Gasteiger partial charge in [0.25, 0.3) is 0 Å². The van der Waals surface area contributed by atoms with Crippen LogP contribution in [0, 0.1) is 93.7 Å². The first-order chi connectivity index (χ1) is 35.1. The Morgan fingerprint density at radius 2 is 1.41 bits per heavy atom. The molecule has 2 N–H and O–H groups in total. The van der Waals surface area contributed by atoms with E-state index >= 15 is 0 Å². The van der Waals surface area contributed by atoms with Crippen molar-refractivity contribution in [3.8, 4) is 0 Å². The molecule has 7 heteroatoms. The molecule has 1 radical (unpaired) electrons. The fourth-order valence-electron chi connectivity index (χ4n) is 18.5. The smallest absolute Gasteiger partial charge is 0.307 e. The molecule has 14 unspecified atom stereocenters. The summed E-state index contributed by atoms with van der Waals surface area (Å²) in [7, 11) is 4.16. The summed E-state index contributed by atoms with van der Waals surface area (Å²) in [5, 5.41) is 13.6. The predicted octanol–water partition coefficient (Wildman–Crippen LogP) is 16.2. The number of esters is 1. The molecular weight excluding hydrogens is 984 g/mol. The molecule has 8 rings (SSSR count). The van der Waals surface area contributed by atoms with Gasteiger partial charge in [0.1, 0.15) is 6.10 Å². The normalized spacial score (nSPS) is 35.9. The van der Waals surface area contributed by atoms with Crippen LogP contribution in [0.3, 0.4) is 0 Å². The van der Waals surface area contributed by atoms with E-state index in [-0.39, 0.29) is 51.4 Å². The van der Waals surface area contributed by atoms with E-state index in [9.17, 15) is 9.90 Å². The van der Waals surface area contributed by atoms with Crippen LogP contribution in [0.4, 0.5) is 0 Å². The van der Waals surface area contributed by atoms with Crippen molar-refractivity contribution in [2.45, 2.75) is 249 Å². The minimum Gasteiger partial charge on any atom is -0.462 e. The number of carbonyl (C=O) groups excluding carboxylic acids is 1. The fraction of sp³-hybridized carbons (Fsp3) is 0.910. The van der Waals surface area contributed by atoms with Crippen LogP contribution in [0.5, 0.6) is 0 Å². The number of aliphatic hydroxyl groups is 1. The van der Waals surface area contributed by atoms with Crippen LogP contribution < -0.4 is 5.32 Å². The fourth-order valence-corrected chi connectivity index (χ4v) is 18.5. The van der Waals surface area contributed by atoms with E-state index in [0.29, 0.717) is 35.8 Å². The molecule has 0 spiro atoms. The molecule has 0 amide bonds. The van der Waals surface area contributed by atoms with Gasteiger partial charge in [-0.3, -0.25) is 4.79 Å². The number of ether oxygens (including phenoxy) is 1. The molecule has 6 fully saturated rings. The number of nitrogens with one attached hydrogen (secondary N) is 1. The van der Waals surface area contributed by atoms with Crippen molar-refractivity contribution in [1.82, 2.24) is 15.1 Å². The van der Waals surface area contributed by atoms with E-state index < -0.39 is 0 Å². The zero-order valence-electron chi connectivity index (χ0n) is 51.0. The van der Waals surface area contributed by atoms with Crippen molar-refractivity contribution in [3.63, 3.8) is 0 Å². The molecule has 1 aliphatic heterocycles. The molecule has 74 heavy (non-hydrogen) atoms. The maximum atomic E-state index is 12.9. The van der Waals surface area contributed by atoms with Gasteiger partial charge >= 0.3 is 5.97 Å². The number of rotatable bonds is 22. The predicted molar refractivity (Wildman–Crippen MR) is 311 cm³/mol. The van der Waals surface area contributed by atoms with E-state index in [2.05, 4.69) is 110 Å². The van der Waals surface area contributed by atoms with Crippen molar-refractivity contribution in [2.24, 2.45) is 87.3 Å². The molecule has 6 nitrogen and oxygen atoms in total. The van der Waals surface area contributed by atoms with Crippen molar-refractivity contribution in [2.75, 3.05) is 53.4 Å². The molecule has 1 heterocycles. The van der Waals surface area contributed by atoms with E-state index in [0.717, 1.165) is 109 Å². The second-order valence-corrected chi connectivity index (χ2v) is 27.5. The van der Waals surface area contributed by atoms with E-state index in [1.54, 1.807) is 11.1 Å². The van der Waals surface area contributed by atoms with Gasteiger partial charge in [-0.1, -0.05) is 144 Å². The Morgan fingerprint density at radius 1 is 0.743 bits per heavy atom. The van der Waals surface area contributed by atoms with Crippen LogP contribution in [0.25, 0.3) is 0 Å². The SMILES string of the molecule is CC.CCC(CCCC1CCC2C3CC=C4CC(OC(=O)CCN(CCO)CCCN(C)C)CC[C@]4(C)C3CCC12C)C(C)C.CCC(CCCC1CCC2C3CC=C4C[CH-]CCC4(C)C3CCNC12)C(C)C.[Y]. The summed E-state index contributed by atoms with van der Waals surface area (Å²) in [5.74, 6) is 10.7. The number of carbonyl (C=O) groups is 1. The third-order valence-corrected chi connectivity index (χ3v) is 23.1. The monoisotopic (exact) mass is 1100 g/mol. The van der Waals surface area contributed by atoms with Gasteiger partial charge < -0.3 is 31.4 Å². The summed E-state index contributed by atoms with van der Waals surface area (Å²) in [6, 6.07) is 0.822. The van der Waals surface area contributed by atoms with Crippen molar-refractivity contribution in [3.05, 3.63) is 29.7 Å². The second-order valence-electron chi connectivity index (χ2n) is 27.5. The first-order valence-corrected chi connectivity index (χ1v) is 32.2. The molecule has 0 aromatic rings. The largest absolute Gasteiger partial charge is 0.462 e. The maximum absolute atomic E-state index is 12.9. The number of hydrogen-bond acceptors (Lipinski definition) is 6. The van der Waals surface area contributed by atoms with E-state index in [1.165, 1.54) is 141 Å². The van der Waals surface area contributed by atoms with E-state index in [4.69, 9.17) is 4.74 Å². The van der Waals surface area contributed by atoms with Gasteiger partial charge in [-0.25, -0.2) is 0 Å². The Bertz CT molecular complexity index is 1710. The van der Waals surface area contributed by atoms with Gasteiger partial charge in [0.2, 0.25) is 0 Å². The first-order valence-electron chi connectivity index (χ1n) is 32.2. The second kappa shape index (κ2) is 30.6. The van der Waals surface area contributed by atoms with Crippen LogP contribution in [0.1, 0.15) is 237 Å². The summed E-state index contributed by atoms with van der Waals surface area (Å²) in [6.45, 7) is 30.9. The van der Waals surface area contributed by atoms with Gasteiger partial charge in [0, 0.05) is 58.3 Å². The molecule has 0 aromatic carbocycles. The van der Waals surface area contributed by atoms with Gasteiger partial charge in [0.15, 0.2) is 0 Å². The molecule has 5 saturated carbocycles. The number of aliphatic hydroxyl groups excluding tert-OH is 1. The number of nitrogens with zero attached hydrogens (tertiary/aromatic N) is 2. The number of fused-ring (bicyclic) bond motifs is 10. The molecule has 0 bridgehead atoms. The van der Waals surface area contributed by atoms with E-state index in [1.807, 2.05) is 13.8 Å². The van der Waals surface area contributed by atoms with Gasteiger partial charge in [0.05, 0.1) is 13.0 Å². The van der Waals surface area contributed by atoms with Crippen molar-refractivity contribution >= 4 is 5.97 Å². The minimum absolute atomic E-state index is 0. The number of hydrogen-bond donors (Lipinski definition) is 2. The molecular formula is C67H120N3O3Y-. The Labute approximate surface area is 484 Å². The maximum Gasteiger partial charge on any atom is 0.307 e. The summed E-state index contributed by atoms with van der Waals surface area (Å²) in [4.78, 5) is 17.3. The summed E-state index contributed by atoms with van der Waals surface area (Å²) in [5.41, 5.74) is 4.75.